The average molecular weight is 274 g/mol. The van der Waals surface area contributed by atoms with Gasteiger partial charge in [-0.25, -0.2) is 0 Å². The summed E-state index contributed by atoms with van der Waals surface area (Å²) in [5.41, 5.74) is -0.323. The number of anilines is 1. The highest BCUT2D eigenvalue weighted by Gasteiger charge is 2.33. The zero-order valence-corrected chi connectivity index (χ0v) is 10.1. The van der Waals surface area contributed by atoms with Crippen molar-refractivity contribution in [3.05, 3.63) is 39.9 Å². The minimum absolute atomic E-state index is 0.240. The average Bonchev–Trinajstić information content (AvgIpc) is 2.75. The minimum Gasteiger partial charge on any atom is -0.362 e. The molecular formula is C12H13F3N2O2. The maximum Gasteiger partial charge on any atom is 0.416 e. The molecule has 0 N–H and O–H groups in total. The van der Waals surface area contributed by atoms with Gasteiger partial charge in [0.25, 0.3) is 0 Å². The summed E-state index contributed by atoms with van der Waals surface area (Å²) in [5, 5.41) is 10.6. The van der Waals surface area contributed by atoms with Gasteiger partial charge in [0.05, 0.1) is 11.6 Å². The van der Waals surface area contributed by atoms with E-state index in [1.165, 1.54) is 6.07 Å². The Kier molecular flexibility index (Phi) is 3.64. The van der Waals surface area contributed by atoms with Gasteiger partial charge in [-0.15, -0.1) is 0 Å². The van der Waals surface area contributed by atoms with Crippen molar-refractivity contribution >= 4 is 5.69 Å². The molecule has 1 unspecified atom stereocenters. The predicted octanol–water partition coefficient (Wildman–Crippen LogP) is 2.95. The van der Waals surface area contributed by atoms with E-state index in [1.807, 2.05) is 0 Å². The molecule has 7 heteroatoms. The van der Waals surface area contributed by atoms with Gasteiger partial charge >= 0.3 is 6.18 Å². The molecular weight excluding hydrogens is 261 g/mol. The minimum atomic E-state index is -4.39. The number of benzene rings is 1. The fourth-order valence-corrected chi connectivity index (χ4v) is 2.40. The van der Waals surface area contributed by atoms with Crippen molar-refractivity contribution in [1.29, 1.82) is 0 Å². The van der Waals surface area contributed by atoms with Gasteiger partial charge in [-0.05, 0) is 31.0 Å². The quantitative estimate of drug-likeness (QED) is 0.629. The third kappa shape index (κ3) is 3.15. The van der Waals surface area contributed by atoms with E-state index in [4.69, 9.17) is 0 Å². The zero-order valence-electron chi connectivity index (χ0n) is 10.1. The zero-order chi connectivity index (χ0) is 14.0. The SMILES string of the molecule is O=[N+]([O-])CC1CCCN1c1cccc(C(F)(F)F)c1. The molecule has 19 heavy (non-hydrogen) atoms. The van der Waals surface area contributed by atoms with Crippen LogP contribution >= 0.6 is 0 Å². The smallest absolute Gasteiger partial charge is 0.362 e. The molecule has 1 aromatic carbocycles. The number of nitrogens with zero attached hydrogens (tertiary/aromatic N) is 2. The van der Waals surface area contributed by atoms with E-state index in [9.17, 15) is 23.3 Å². The Morgan fingerprint density at radius 1 is 1.42 bits per heavy atom. The van der Waals surface area contributed by atoms with Crippen LogP contribution in [0.25, 0.3) is 0 Å². The van der Waals surface area contributed by atoms with Crippen molar-refractivity contribution in [2.24, 2.45) is 0 Å². The number of nitro groups is 1. The summed E-state index contributed by atoms with van der Waals surface area (Å²) in [7, 11) is 0. The molecule has 0 radical (unpaired) electrons. The van der Waals surface area contributed by atoms with Crippen molar-refractivity contribution in [3.8, 4) is 0 Å². The molecule has 1 aliphatic rings. The Labute approximate surface area is 108 Å². The lowest BCUT2D eigenvalue weighted by atomic mass is 10.1. The lowest BCUT2D eigenvalue weighted by molar-refractivity contribution is -0.482. The normalized spacial score (nSPS) is 19.7. The van der Waals surface area contributed by atoms with E-state index < -0.39 is 16.7 Å². The van der Waals surface area contributed by atoms with Crippen molar-refractivity contribution < 1.29 is 18.1 Å². The Balaban J connectivity index is 2.23. The lowest BCUT2D eigenvalue weighted by Crippen LogP contribution is -2.35. The molecule has 0 amide bonds. The summed E-state index contributed by atoms with van der Waals surface area (Å²) >= 11 is 0. The number of hydrogen-bond acceptors (Lipinski definition) is 3. The first-order valence-electron chi connectivity index (χ1n) is 5.93. The number of rotatable bonds is 3. The van der Waals surface area contributed by atoms with Crippen LogP contribution in [0.4, 0.5) is 18.9 Å². The standard InChI is InChI=1S/C12H13F3N2O2/c13-12(14,15)9-3-1-4-10(7-9)16-6-2-5-11(16)8-17(18)19/h1,3-4,7,11H,2,5-6,8H2. The van der Waals surface area contributed by atoms with Crippen LogP contribution in [0.2, 0.25) is 0 Å². The molecule has 0 bridgehead atoms. The maximum absolute atomic E-state index is 12.6. The fraction of sp³-hybridized carbons (Fsp3) is 0.500. The van der Waals surface area contributed by atoms with Gasteiger partial charge in [0.15, 0.2) is 0 Å². The van der Waals surface area contributed by atoms with Gasteiger partial charge < -0.3 is 4.90 Å². The molecule has 0 aliphatic carbocycles. The van der Waals surface area contributed by atoms with E-state index in [0.717, 1.165) is 18.6 Å². The van der Waals surface area contributed by atoms with Gasteiger partial charge in [0.1, 0.15) is 0 Å². The molecule has 1 aliphatic heterocycles. The number of halogens is 3. The highest BCUT2D eigenvalue weighted by molar-refractivity contribution is 5.51. The molecule has 1 atom stereocenters. The van der Waals surface area contributed by atoms with Gasteiger partial charge in [0, 0.05) is 17.2 Å². The second-order valence-corrected chi connectivity index (χ2v) is 4.55. The fourth-order valence-electron chi connectivity index (χ4n) is 2.40. The molecule has 104 valence electrons. The van der Waals surface area contributed by atoms with Gasteiger partial charge in [-0.2, -0.15) is 13.2 Å². The highest BCUT2D eigenvalue weighted by Crippen LogP contribution is 2.33. The van der Waals surface area contributed by atoms with Crippen LogP contribution < -0.4 is 4.90 Å². The highest BCUT2D eigenvalue weighted by atomic mass is 19.4. The van der Waals surface area contributed by atoms with Crippen LogP contribution in [0.1, 0.15) is 18.4 Å². The summed E-state index contributed by atoms with van der Waals surface area (Å²) in [6, 6.07) is 4.63. The molecule has 1 heterocycles. The topological polar surface area (TPSA) is 46.4 Å². The Morgan fingerprint density at radius 2 is 2.16 bits per heavy atom. The Bertz CT molecular complexity index is 476. The molecule has 1 aromatic rings. The van der Waals surface area contributed by atoms with E-state index in [2.05, 4.69) is 0 Å². The summed E-state index contributed by atoms with van der Waals surface area (Å²) in [5.74, 6) is 0. The van der Waals surface area contributed by atoms with Crippen molar-refractivity contribution in [2.75, 3.05) is 18.0 Å². The van der Waals surface area contributed by atoms with Gasteiger partial charge in [-0.1, -0.05) is 6.07 Å². The van der Waals surface area contributed by atoms with Crippen LogP contribution in [-0.4, -0.2) is 24.1 Å². The molecule has 0 spiro atoms. The van der Waals surface area contributed by atoms with E-state index >= 15 is 0 Å². The maximum atomic E-state index is 12.6. The first-order chi connectivity index (χ1) is 8.88. The van der Waals surface area contributed by atoms with Crippen LogP contribution in [0.15, 0.2) is 24.3 Å². The van der Waals surface area contributed by atoms with Gasteiger partial charge in [-0.3, -0.25) is 10.1 Å². The monoisotopic (exact) mass is 274 g/mol. The number of alkyl halides is 3. The molecule has 0 aromatic heterocycles. The molecule has 1 saturated heterocycles. The Morgan fingerprint density at radius 3 is 2.79 bits per heavy atom. The first kappa shape index (κ1) is 13.6. The predicted molar refractivity (Wildman–Crippen MR) is 63.7 cm³/mol. The first-order valence-corrected chi connectivity index (χ1v) is 5.93. The molecule has 4 nitrogen and oxygen atoms in total. The largest absolute Gasteiger partial charge is 0.416 e. The molecule has 1 fully saturated rings. The van der Waals surface area contributed by atoms with Crippen molar-refractivity contribution in [1.82, 2.24) is 0 Å². The van der Waals surface area contributed by atoms with Gasteiger partial charge in [0.2, 0.25) is 6.54 Å². The van der Waals surface area contributed by atoms with E-state index in [0.29, 0.717) is 18.7 Å². The molecule has 0 saturated carbocycles. The summed E-state index contributed by atoms with van der Waals surface area (Å²) in [6.45, 7) is 0.316. The second kappa shape index (κ2) is 5.07. The third-order valence-corrected chi connectivity index (χ3v) is 3.24. The summed E-state index contributed by atoms with van der Waals surface area (Å²) in [4.78, 5) is 11.8. The van der Waals surface area contributed by atoms with Crippen LogP contribution in [0.5, 0.6) is 0 Å². The Hall–Kier alpha value is -1.79. The van der Waals surface area contributed by atoms with E-state index in [-0.39, 0.29) is 12.6 Å². The second-order valence-electron chi connectivity index (χ2n) is 4.55. The summed E-state index contributed by atoms with van der Waals surface area (Å²) < 4.78 is 37.9. The number of hydrogen-bond donors (Lipinski definition) is 0. The van der Waals surface area contributed by atoms with Crippen molar-refractivity contribution in [3.63, 3.8) is 0 Å². The molecule has 2 rings (SSSR count). The summed E-state index contributed by atoms with van der Waals surface area (Å²) in [6.07, 6.45) is -3.00. The van der Waals surface area contributed by atoms with Crippen LogP contribution in [0, 0.1) is 10.1 Å². The third-order valence-electron chi connectivity index (χ3n) is 3.24. The van der Waals surface area contributed by atoms with Crippen LogP contribution in [-0.2, 0) is 6.18 Å². The van der Waals surface area contributed by atoms with Crippen molar-refractivity contribution in [2.45, 2.75) is 25.1 Å². The lowest BCUT2D eigenvalue weighted by Gasteiger charge is -2.24. The van der Waals surface area contributed by atoms with Crippen LogP contribution in [0.3, 0.4) is 0 Å². The van der Waals surface area contributed by atoms with E-state index in [1.54, 1.807) is 11.0 Å².